The number of pyridine rings is 1. The van der Waals surface area contributed by atoms with E-state index >= 15 is 0 Å². The molecule has 28 heavy (non-hydrogen) atoms. The number of anilines is 1. The first-order valence-electron chi connectivity index (χ1n) is 9.27. The Morgan fingerprint density at radius 1 is 1.25 bits per heavy atom. The van der Waals surface area contributed by atoms with Gasteiger partial charge in [-0.3, -0.25) is 19.4 Å². The lowest BCUT2D eigenvalue weighted by atomic mass is 9.85. The lowest BCUT2D eigenvalue weighted by Gasteiger charge is -2.28. The van der Waals surface area contributed by atoms with E-state index < -0.39 is 0 Å². The van der Waals surface area contributed by atoms with Crippen molar-refractivity contribution in [3.8, 4) is 0 Å². The van der Waals surface area contributed by atoms with Crippen molar-refractivity contribution in [1.82, 2.24) is 20.3 Å². The predicted molar refractivity (Wildman–Crippen MR) is 104 cm³/mol. The molecule has 0 spiro atoms. The van der Waals surface area contributed by atoms with E-state index in [9.17, 15) is 14.4 Å². The lowest BCUT2D eigenvalue weighted by Crippen LogP contribution is -2.40. The Balaban J connectivity index is 1.52. The number of rotatable bonds is 6. The molecule has 0 unspecified atom stereocenters. The first kappa shape index (κ1) is 20.0. The van der Waals surface area contributed by atoms with Gasteiger partial charge in [0.25, 0.3) is 5.91 Å². The summed E-state index contributed by atoms with van der Waals surface area (Å²) in [5.41, 5.74) is 0.858. The van der Waals surface area contributed by atoms with Gasteiger partial charge in [0.05, 0.1) is 23.2 Å². The molecule has 0 radical (unpaired) electrons. The maximum atomic E-state index is 12.5. The molecule has 0 aliphatic heterocycles. The Morgan fingerprint density at radius 3 is 2.68 bits per heavy atom. The standard InChI is InChI=1S/C19H22ClN5O3/c1-2-15(26)16-17(23-10-22-16)19(28)24-12-5-3-11(4-6-12)18(27)25-14-9-21-8-7-13(14)20/h7-12H,2-6H2,1H3,(H,22,23)(H,24,28)(H,25,27). The largest absolute Gasteiger partial charge is 0.348 e. The van der Waals surface area contributed by atoms with Crippen LogP contribution >= 0.6 is 11.6 Å². The first-order valence-corrected chi connectivity index (χ1v) is 9.65. The van der Waals surface area contributed by atoms with Gasteiger partial charge in [0, 0.05) is 24.6 Å². The molecular weight excluding hydrogens is 382 g/mol. The van der Waals surface area contributed by atoms with Gasteiger partial charge in [-0.05, 0) is 31.7 Å². The molecule has 1 fully saturated rings. The molecule has 0 aromatic carbocycles. The summed E-state index contributed by atoms with van der Waals surface area (Å²) < 4.78 is 0. The minimum Gasteiger partial charge on any atom is -0.348 e. The Kier molecular flexibility index (Phi) is 6.41. The molecule has 3 N–H and O–H groups in total. The second-order valence-electron chi connectivity index (χ2n) is 6.77. The molecule has 148 valence electrons. The van der Waals surface area contributed by atoms with E-state index in [4.69, 9.17) is 11.6 Å². The minimum atomic E-state index is -0.343. The van der Waals surface area contributed by atoms with Gasteiger partial charge < -0.3 is 15.6 Å². The second kappa shape index (κ2) is 8.97. The van der Waals surface area contributed by atoms with Gasteiger partial charge in [0.15, 0.2) is 5.78 Å². The summed E-state index contributed by atoms with van der Waals surface area (Å²) in [5, 5.41) is 6.19. The zero-order valence-electron chi connectivity index (χ0n) is 15.5. The van der Waals surface area contributed by atoms with Crippen LogP contribution in [0.25, 0.3) is 0 Å². The molecule has 9 heteroatoms. The number of amides is 2. The molecule has 3 rings (SSSR count). The van der Waals surface area contributed by atoms with E-state index in [1.54, 1.807) is 19.2 Å². The van der Waals surface area contributed by atoms with E-state index in [1.165, 1.54) is 12.5 Å². The van der Waals surface area contributed by atoms with Crippen LogP contribution in [-0.2, 0) is 4.79 Å². The summed E-state index contributed by atoms with van der Waals surface area (Å²) in [6, 6.07) is 1.57. The molecule has 1 aliphatic rings. The third-order valence-electron chi connectivity index (χ3n) is 4.91. The number of imidazole rings is 1. The Labute approximate surface area is 167 Å². The van der Waals surface area contributed by atoms with Gasteiger partial charge in [-0.1, -0.05) is 18.5 Å². The first-order chi connectivity index (χ1) is 13.5. The molecule has 2 heterocycles. The van der Waals surface area contributed by atoms with Crippen molar-refractivity contribution in [2.24, 2.45) is 5.92 Å². The molecular formula is C19H22ClN5O3. The number of hydrogen-bond acceptors (Lipinski definition) is 5. The topological polar surface area (TPSA) is 117 Å². The van der Waals surface area contributed by atoms with Crippen molar-refractivity contribution in [2.45, 2.75) is 45.1 Å². The SMILES string of the molecule is CCC(=O)c1nc[nH]c1C(=O)NC1CCC(C(=O)Nc2cnccc2Cl)CC1. The van der Waals surface area contributed by atoms with E-state index in [1.807, 2.05) is 0 Å². The predicted octanol–water partition coefficient (Wildman–Crippen LogP) is 2.98. The normalized spacial score (nSPS) is 19.1. The van der Waals surface area contributed by atoms with Crippen molar-refractivity contribution in [3.05, 3.63) is 41.2 Å². The Hall–Kier alpha value is -2.74. The number of ketones is 1. The van der Waals surface area contributed by atoms with E-state index in [-0.39, 0.29) is 47.4 Å². The molecule has 0 atom stereocenters. The van der Waals surface area contributed by atoms with Crippen molar-refractivity contribution < 1.29 is 14.4 Å². The maximum Gasteiger partial charge on any atom is 0.270 e. The number of hydrogen-bond donors (Lipinski definition) is 3. The highest BCUT2D eigenvalue weighted by Crippen LogP contribution is 2.27. The fourth-order valence-corrected chi connectivity index (χ4v) is 3.46. The van der Waals surface area contributed by atoms with Crippen LogP contribution < -0.4 is 10.6 Å². The summed E-state index contributed by atoms with van der Waals surface area (Å²) >= 11 is 6.05. The van der Waals surface area contributed by atoms with Crippen LogP contribution in [0, 0.1) is 5.92 Å². The molecule has 8 nitrogen and oxygen atoms in total. The second-order valence-corrected chi connectivity index (χ2v) is 7.18. The summed E-state index contributed by atoms with van der Waals surface area (Å²) in [5.74, 6) is -0.761. The average molecular weight is 404 g/mol. The van der Waals surface area contributed by atoms with E-state index in [0.717, 1.165) is 0 Å². The van der Waals surface area contributed by atoms with Crippen molar-refractivity contribution in [3.63, 3.8) is 0 Å². The van der Waals surface area contributed by atoms with Crippen molar-refractivity contribution >= 4 is 34.9 Å². The highest BCUT2D eigenvalue weighted by Gasteiger charge is 2.29. The number of carbonyl (C=O) groups is 3. The molecule has 2 amide bonds. The monoisotopic (exact) mass is 403 g/mol. The highest BCUT2D eigenvalue weighted by atomic mass is 35.5. The fraction of sp³-hybridized carbons (Fsp3) is 0.421. The van der Waals surface area contributed by atoms with Crippen LogP contribution in [0.15, 0.2) is 24.8 Å². The summed E-state index contributed by atoms with van der Waals surface area (Å²) in [7, 11) is 0. The highest BCUT2D eigenvalue weighted by molar-refractivity contribution is 6.33. The molecule has 2 aromatic rings. The van der Waals surface area contributed by atoms with E-state index in [2.05, 4.69) is 25.6 Å². The summed E-state index contributed by atoms with van der Waals surface area (Å²) in [6.07, 6.45) is 7.37. The number of H-pyrrole nitrogens is 1. The van der Waals surface area contributed by atoms with Gasteiger partial charge in [-0.25, -0.2) is 4.98 Å². The van der Waals surface area contributed by atoms with E-state index in [0.29, 0.717) is 36.4 Å². The number of carbonyl (C=O) groups excluding carboxylic acids is 3. The fourth-order valence-electron chi connectivity index (χ4n) is 3.31. The number of aromatic nitrogens is 3. The van der Waals surface area contributed by atoms with Crippen LogP contribution in [0.4, 0.5) is 5.69 Å². The number of Topliss-reactive ketones (excluding diaryl/α,β-unsaturated/α-hetero) is 1. The molecule has 1 aliphatic carbocycles. The van der Waals surface area contributed by atoms with Gasteiger partial charge in [-0.2, -0.15) is 0 Å². The van der Waals surface area contributed by atoms with Crippen LogP contribution in [0.1, 0.15) is 60.0 Å². The molecule has 1 saturated carbocycles. The third-order valence-corrected chi connectivity index (χ3v) is 5.24. The summed E-state index contributed by atoms with van der Waals surface area (Å²) in [4.78, 5) is 47.4. The average Bonchev–Trinajstić information content (AvgIpc) is 3.19. The molecule has 2 aromatic heterocycles. The zero-order valence-corrected chi connectivity index (χ0v) is 16.3. The van der Waals surface area contributed by atoms with Crippen LogP contribution in [0.3, 0.4) is 0 Å². The maximum absolute atomic E-state index is 12.5. The zero-order chi connectivity index (χ0) is 20.1. The number of aromatic amines is 1. The van der Waals surface area contributed by atoms with Crippen molar-refractivity contribution in [2.75, 3.05) is 5.32 Å². The Morgan fingerprint density at radius 2 is 2.00 bits per heavy atom. The van der Waals surface area contributed by atoms with Crippen LogP contribution in [-0.4, -0.2) is 38.6 Å². The number of halogens is 1. The smallest absolute Gasteiger partial charge is 0.270 e. The molecule has 0 saturated heterocycles. The molecule has 0 bridgehead atoms. The van der Waals surface area contributed by atoms with Crippen LogP contribution in [0.5, 0.6) is 0 Å². The minimum absolute atomic E-state index is 0.0496. The Bertz CT molecular complexity index is 874. The quantitative estimate of drug-likeness (QED) is 0.641. The van der Waals surface area contributed by atoms with Gasteiger partial charge in [0.1, 0.15) is 11.4 Å². The van der Waals surface area contributed by atoms with Gasteiger partial charge in [0.2, 0.25) is 5.91 Å². The third kappa shape index (κ3) is 4.56. The summed E-state index contributed by atoms with van der Waals surface area (Å²) in [6.45, 7) is 1.73. The van der Waals surface area contributed by atoms with Gasteiger partial charge >= 0.3 is 0 Å². The number of nitrogens with zero attached hydrogens (tertiary/aromatic N) is 2. The van der Waals surface area contributed by atoms with Crippen LogP contribution in [0.2, 0.25) is 5.02 Å². The van der Waals surface area contributed by atoms with Gasteiger partial charge in [-0.15, -0.1) is 0 Å². The number of nitrogens with one attached hydrogen (secondary N) is 3. The van der Waals surface area contributed by atoms with Crippen molar-refractivity contribution in [1.29, 1.82) is 0 Å². The lowest BCUT2D eigenvalue weighted by molar-refractivity contribution is -0.120.